The van der Waals surface area contributed by atoms with Crippen LogP contribution in [0.15, 0.2) is 30.3 Å². The zero-order valence-corrected chi connectivity index (χ0v) is 11.7. The first-order valence-corrected chi connectivity index (χ1v) is 7.67. The number of ether oxygens (including phenoxy) is 1. The lowest BCUT2D eigenvalue weighted by Gasteiger charge is -2.09. The van der Waals surface area contributed by atoms with Crippen molar-refractivity contribution in [1.82, 2.24) is 4.72 Å². The maximum Gasteiger partial charge on any atom is 0.213 e. The lowest BCUT2D eigenvalue weighted by Crippen LogP contribution is -2.31. The van der Waals surface area contributed by atoms with Crippen molar-refractivity contribution < 1.29 is 13.2 Å². The number of hydrogen-bond donors (Lipinski definition) is 1. The van der Waals surface area contributed by atoms with Crippen molar-refractivity contribution in [3.8, 4) is 0 Å². The van der Waals surface area contributed by atoms with E-state index in [9.17, 15) is 8.42 Å². The van der Waals surface area contributed by atoms with E-state index in [1.165, 1.54) is 0 Å². The van der Waals surface area contributed by atoms with Gasteiger partial charge in [0.15, 0.2) is 0 Å². The zero-order chi connectivity index (χ0) is 13.4. The number of benzene rings is 1. The summed E-state index contributed by atoms with van der Waals surface area (Å²) in [5.74, 6) is 0. The summed E-state index contributed by atoms with van der Waals surface area (Å²) in [5, 5.41) is -0.386. The van der Waals surface area contributed by atoms with Gasteiger partial charge in [-0.15, -0.1) is 0 Å². The Kier molecular flexibility index (Phi) is 6.32. The van der Waals surface area contributed by atoms with Gasteiger partial charge in [0.1, 0.15) is 0 Å². The minimum Gasteiger partial charge on any atom is -0.377 e. The first-order chi connectivity index (χ1) is 8.52. The van der Waals surface area contributed by atoms with Crippen LogP contribution in [-0.2, 0) is 21.4 Å². The molecule has 0 spiro atoms. The second-order valence-corrected chi connectivity index (χ2v) is 6.70. The van der Waals surface area contributed by atoms with Crippen LogP contribution in [0.2, 0.25) is 0 Å². The fourth-order valence-electron chi connectivity index (χ4n) is 1.32. The highest BCUT2D eigenvalue weighted by molar-refractivity contribution is 7.90. The summed E-state index contributed by atoms with van der Waals surface area (Å²) in [7, 11) is -3.14. The third-order valence-corrected chi connectivity index (χ3v) is 4.35. The maximum absolute atomic E-state index is 11.4. The van der Waals surface area contributed by atoms with E-state index >= 15 is 0 Å². The van der Waals surface area contributed by atoms with Crippen molar-refractivity contribution in [1.29, 1.82) is 0 Å². The fraction of sp³-hybridized carbons (Fsp3) is 0.538. The summed E-state index contributed by atoms with van der Waals surface area (Å²) in [6.45, 7) is 4.87. The quantitative estimate of drug-likeness (QED) is 0.735. The van der Waals surface area contributed by atoms with E-state index in [0.29, 0.717) is 26.2 Å². The van der Waals surface area contributed by atoms with Crippen molar-refractivity contribution in [3.63, 3.8) is 0 Å². The van der Waals surface area contributed by atoms with E-state index < -0.39 is 10.0 Å². The predicted molar refractivity (Wildman–Crippen MR) is 72.8 cm³/mol. The average molecular weight is 271 g/mol. The Labute approximate surface area is 109 Å². The molecule has 0 saturated heterocycles. The van der Waals surface area contributed by atoms with E-state index in [1.807, 2.05) is 30.3 Å². The van der Waals surface area contributed by atoms with Crippen LogP contribution in [0.25, 0.3) is 0 Å². The number of nitrogens with one attached hydrogen (secondary N) is 1. The second-order valence-electron chi connectivity index (χ2n) is 4.38. The molecule has 0 amide bonds. The molecule has 1 rings (SSSR count). The smallest absolute Gasteiger partial charge is 0.213 e. The van der Waals surface area contributed by atoms with E-state index in [2.05, 4.69) is 4.72 Å². The molecule has 0 heterocycles. The van der Waals surface area contributed by atoms with Gasteiger partial charge in [-0.25, -0.2) is 13.1 Å². The molecule has 0 fully saturated rings. The lowest BCUT2D eigenvalue weighted by atomic mass is 10.2. The van der Waals surface area contributed by atoms with Gasteiger partial charge >= 0.3 is 0 Å². The molecule has 0 aromatic heterocycles. The molecule has 0 aliphatic heterocycles. The normalized spacial score (nSPS) is 11.9. The monoisotopic (exact) mass is 271 g/mol. The van der Waals surface area contributed by atoms with Gasteiger partial charge in [0.2, 0.25) is 10.0 Å². The van der Waals surface area contributed by atoms with Crippen LogP contribution in [0.5, 0.6) is 0 Å². The Bertz CT molecular complexity index is 429. The third-order valence-electron chi connectivity index (χ3n) is 2.50. The minimum absolute atomic E-state index is 0.386. The van der Waals surface area contributed by atoms with Gasteiger partial charge in [0.05, 0.1) is 11.9 Å². The van der Waals surface area contributed by atoms with Gasteiger partial charge < -0.3 is 4.74 Å². The van der Waals surface area contributed by atoms with Crippen molar-refractivity contribution in [3.05, 3.63) is 35.9 Å². The van der Waals surface area contributed by atoms with Crippen LogP contribution < -0.4 is 4.72 Å². The summed E-state index contributed by atoms with van der Waals surface area (Å²) in [6, 6.07) is 9.90. The molecule has 0 atom stereocenters. The second kappa shape index (κ2) is 7.51. The van der Waals surface area contributed by atoms with E-state index in [-0.39, 0.29) is 5.25 Å². The Hall–Kier alpha value is -0.910. The summed E-state index contributed by atoms with van der Waals surface area (Å²) in [6.07, 6.45) is 0.679. The molecule has 1 aromatic carbocycles. The van der Waals surface area contributed by atoms with Gasteiger partial charge in [-0.1, -0.05) is 30.3 Å². The molecule has 4 nitrogen and oxygen atoms in total. The third kappa shape index (κ3) is 5.62. The van der Waals surface area contributed by atoms with Crippen LogP contribution in [0.1, 0.15) is 25.8 Å². The zero-order valence-electron chi connectivity index (χ0n) is 10.9. The molecule has 0 bridgehead atoms. The predicted octanol–water partition coefficient (Wildman–Crippen LogP) is 1.92. The Morgan fingerprint density at radius 3 is 2.50 bits per heavy atom. The number of sulfonamides is 1. The van der Waals surface area contributed by atoms with Gasteiger partial charge in [-0.2, -0.15) is 0 Å². The molecule has 102 valence electrons. The largest absolute Gasteiger partial charge is 0.377 e. The number of hydrogen-bond acceptors (Lipinski definition) is 3. The van der Waals surface area contributed by atoms with Crippen LogP contribution in [0, 0.1) is 0 Å². The van der Waals surface area contributed by atoms with Gasteiger partial charge in [-0.3, -0.25) is 0 Å². The van der Waals surface area contributed by atoms with Crippen molar-refractivity contribution in [2.75, 3.05) is 13.2 Å². The molecule has 0 aliphatic carbocycles. The summed E-state index contributed by atoms with van der Waals surface area (Å²) in [5.41, 5.74) is 1.13. The van der Waals surface area contributed by atoms with Crippen molar-refractivity contribution >= 4 is 10.0 Å². The van der Waals surface area contributed by atoms with Crippen molar-refractivity contribution in [2.45, 2.75) is 32.1 Å². The number of rotatable bonds is 8. The first kappa shape index (κ1) is 15.1. The molecule has 5 heteroatoms. The van der Waals surface area contributed by atoms with Crippen LogP contribution in [-0.4, -0.2) is 26.8 Å². The standard InChI is InChI=1S/C13H21NO3S/c1-12(2)18(15,16)14-9-6-10-17-11-13-7-4-3-5-8-13/h3-5,7-8,12,14H,6,9-11H2,1-2H3. The van der Waals surface area contributed by atoms with Gasteiger partial charge in [-0.05, 0) is 25.8 Å². The maximum atomic E-state index is 11.4. The Morgan fingerprint density at radius 1 is 1.22 bits per heavy atom. The average Bonchev–Trinajstić information content (AvgIpc) is 2.34. The summed E-state index contributed by atoms with van der Waals surface area (Å²) in [4.78, 5) is 0. The molecule has 18 heavy (non-hydrogen) atoms. The molecule has 1 N–H and O–H groups in total. The molecular weight excluding hydrogens is 250 g/mol. The molecule has 0 aliphatic rings. The van der Waals surface area contributed by atoms with Crippen LogP contribution in [0.4, 0.5) is 0 Å². The SMILES string of the molecule is CC(C)S(=O)(=O)NCCCOCc1ccccc1. The summed E-state index contributed by atoms with van der Waals surface area (Å²) < 4.78 is 30.9. The molecule has 0 unspecified atom stereocenters. The van der Waals surface area contributed by atoms with E-state index in [4.69, 9.17) is 4.74 Å². The Balaban J connectivity index is 2.10. The molecular formula is C13H21NO3S. The Morgan fingerprint density at radius 2 is 1.89 bits per heavy atom. The molecule has 0 radical (unpaired) electrons. The van der Waals surface area contributed by atoms with E-state index in [1.54, 1.807) is 13.8 Å². The van der Waals surface area contributed by atoms with Crippen molar-refractivity contribution in [2.24, 2.45) is 0 Å². The first-order valence-electron chi connectivity index (χ1n) is 6.12. The highest BCUT2D eigenvalue weighted by Gasteiger charge is 2.13. The van der Waals surface area contributed by atoms with E-state index in [0.717, 1.165) is 5.56 Å². The highest BCUT2D eigenvalue weighted by Crippen LogP contribution is 2.01. The van der Waals surface area contributed by atoms with Crippen LogP contribution in [0.3, 0.4) is 0 Å². The topological polar surface area (TPSA) is 55.4 Å². The lowest BCUT2D eigenvalue weighted by molar-refractivity contribution is 0.119. The molecule has 0 saturated carbocycles. The highest BCUT2D eigenvalue weighted by atomic mass is 32.2. The van der Waals surface area contributed by atoms with Gasteiger partial charge in [0, 0.05) is 13.2 Å². The fourth-order valence-corrected chi connectivity index (χ4v) is 2.08. The molecule has 1 aromatic rings. The summed E-state index contributed by atoms with van der Waals surface area (Å²) >= 11 is 0. The minimum atomic E-state index is -3.14. The van der Waals surface area contributed by atoms with Crippen LogP contribution >= 0.6 is 0 Å². The van der Waals surface area contributed by atoms with Gasteiger partial charge in [0.25, 0.3) is 0 Å².